The van der Waals surface area contributed by atoms with Crippen LogP contribution in [0.4, 0.5) is 4.39 Å². The first-order chi connectivity index (χ1) is 9.69. The van der Waals surface area contributed by atoms with Gasteiger partial charge in [-0.15, -0.1) is 0 Å². The van der Waals surface area contributed by atoms with E-state index in [1.54, 1.807) is 31.5 Å². The summed E-state index contributed by atoms with van der Waals surface area (Å²) >= 11 is 0. The lowest BCUT2D eigenvalue weighted by atomic mass is 9.96. The number of hydrogen-bond donors (Lipinski definition) is 0. The van der Waals surface area contributed by atoms with Crippen LogP contribution in [0.5, 0.6) is 0 Å². The molecule has 1 aromatic heterocycles. The van der Waals surface area contributed by atoms with Gasteiger partial charge in [-0.05, 0) is 53.3 Å². The van der Waals surface area contributed by atoms with Crippen LogP contribution in [0.3, 0.4) is 0 Å². The van der Waals surface area contributed by atoms with Crippen molar-refractivity contribution in [1.29, 1.82) is 0 Å². The van der Waals surface area contributed by atoms with Crippen LogP contribution in [0, 0.1) is 12.7 Å². The number of benzene rings is 2. The first-order valence-corrected chi connectivity index (χ1v) is 6.28. The minimum atomic E-state index is -0.269. The highest BCUT2D eigenvalue weighted by molar-refractivity contribution is 5.97. The van der Waals surface area contributed by atoms with E-state index in [-0.39, 0.29) is 5.82 Å². The second-order valence-electron chi connectivity index (χ2n) is 4.74. The number of nitrogens with zero attached hydrogens (tertiary/aromatic N) is 1. The summed E-state index contributed by atoms with van der Waals surface area (Å²) in [5.74, 6) is -0.269. The summed E-state index contributed by atoms with van der Waals surface area (Å²) < 4.78 is 13.7. The van der Waals surface area contributed by atoms with Gasteiger partial charge in [0.15, 0.2) is 6.29 Å². The van der Waals surface area contributed by atoms with E-state index in [0.29, 0.717) is 16.7 Å². The molecule has 0 radical (unpaired) electrons. The van der Waals surface area contributed by atoms with Crippen molar-refractivity contribution in [3.05, 3.63) is 65.7 Å². The van der Waals surface area contributed by atoms with Gasteiger partial charge < -0.3 is 0 Å². The quantitative estimate of drug-likeness (QED) is 0.651. The fraction of sp³-hybridized carbons (Fsp3) is 0.0588. The van der Waals surface area contributed by atoms with E-state index in [1.165, 1.54) is 6.07 Å². The summed E-state index contributed by atoms with van der Waals surface area (Å²) in [7, 11) is 0. The van der Waals surface area contributed by atoms with E-state index < -0.39 is 0 Å². The van der Waals surface area contributed by atoms with Crippen molar-refractivity contribution in [2.24, 2.45) is 0 Å². The molecule has 0 aliphatic rings. The van der Waals surface area contributed by atoms with E-state index in [0.717, 1.165) is 22.6 Å². The van der Waals surface area contributed by atoms with E-state index in [4.69, 9.17) is 0 Å². The molecule has 1 heterocycles. The molecule has 3 heteroatoms. The maximum absolute atomic E-state index is 13.7. The Morgan fingerprint density at radius 2 is 1.95 bits per heavy atom. The van der Waals surface area contributed by atoms with Crippen molar-refractivity contribution in [3.63, 3.8) is 0 Å². The van der Waals surface area contributed by atoms with Crippen molar-refractivity contribution in [1.82, 2.24) is 4.98 Å². The molecule has 0 aliphatic heterocycles. The van der Waals surface area contributed by atoms with Crippen LogP contribution in [-0.4, -0.2) is 11.3 Å². The third kappa shape index (κ3) is 2.07. The van der Waals surface area contributed by atoms with E-state index in [2.05, 4.69) is 4.98 Å². The molecule has 20 heavy (non-hydrogen) atoms. The highest BCUT2D eigenvalue weighted by Crippen LogP contribution is 2.28. The Bertz CT molecular complexity index is 811. The lowest BCUT2D eigenvalue weighted by Crippen LogP contribution is -1.91. The number of carbonyl (C=O) groups excluding carboxylic acids is 1. The normalized spacial score (nSPS) is 10.7. The number of rotatable bonds is 2. The zero-order valence-electron chi connectivity index (χ0n) is 10.9. The van der Waals surface area contributed by atoms with Crippen molar-refractivity contribution < 1.29 is 9.18 Å². The number of halogens is 1. The molecule has 0 atom stereocenters. The lowest BCUT2D eigenvalue weighted by molar-refractivity contribution is 0.112. The summed E-state index contributed by atoms with van der Waals surface area (Å²) in [6.45, 7) is 1.71. The van der Waals surface area contributed by atoms with Gasteiger partial charge in [-0.1, -0.05) is 12.1 Å². The monoisotopic (exact) mass is 265 g/mol. The average Bonchev–Trinajstić information content (AvgIpc) is 2.48. The van der Waals surface area contributed by atoms with Gasteiger partial charge in [0.2, 0.25) is 0 Å². The van der Waals surface area contributed by atoms with E-state index >= 15 is 0 Å². The van der Waals surface area contributed by atoms with Gasteiger partial charge >= 0.3 is 0 Å². The second kappa shape index (κ2) is 4.85. The van der Waals surface area contributed by atoms with Gasteiger partial charge in [0.25, 0.3) is 0 Å². The molecule has 0 saturated carbocycles. The molecule has 2 nitrogen and oxygen atoms in total. The number of fused-ring (bicyclic) bond motifs is 1. The molecule has 0 saturated heterocycles. The van der Waals surface area contributed by atoms with Crippen LogP contribution in [0.15, 0.2) is 48.8 Å². The standard InChI is InChI=1S/C17H12FNO/c1-11-2-3-13(8-17(11)18)16-7-12-4-5-19-9-14(12)6-15(16)10-20/h2-10H,1H3. The summed E-state index contributed by atoms with van der Waals surface area (Å²) in [6, 6.07) is 10.6. The Hall–Kier alpha value is -2.55. The number of pyridine rings is 1. The predicted molar refractivity (Wildman–Crippen MR) is 77.3 cm³/mol. The minimum Gasteiger partial charge on any atom is -0.298 e. The Morgan fingerprint density at radius 3 is 2.70 bits per heavy atom. The van der Waals surface area contributed by atoms with Crippen LogP contribution in [0.2, 0.25) is 0 Å². The van der Waals surface area contributed by atoms with Crippen LogP contribution in [-0.2, 0) is 0 Å². The molecule has 98 valence electrons. The predicted octanol–water partition coefficient (Wildman–Crippen LogP) is 4.16. The molecule has 0 spiro atoms. The number of aryl methyl sites for hydroxylation is 1. The Morgan fingerprint density at radius 1 is 1.10 bits per heavy atom. The molecule has 0 amide bonds. The summed E-state index contributed by atoms with van der Waals surface area (Å²) in [5.41, 5.74) is 2.56. The van der Waals surface area contributed by atoms with Crippen LogP contribution >= 0.6 is 0 Å². The Labute approximate surface area is 115 Å². The number of hydrogen-bond acceptors (Lipinski definition) is 2. The topological polar surface area (TPSA) is 30.0 Å². The van der Waals surface area contributed by atoms with Gasteiger partial charge in [0.1, 0.15) is 5.82 Å². The third-order valence-corrected chi connectivity index (χ3v) is 3.42. The highest BCUT2D eigenvalue weighted by atomic mass is 19.1. The van der Waals surface area contributed by atoms with Gasteiger partial charge in [-0.25, -0.2) is 4.39 Å². The first kappa shape index (κ1) is 12.5. The molecule has 0 bridgehead atoms. The number of aldehydes is 1. The molecule has 0 N–H and O–H groups in total. The van der Waals surface area contributed by atoms with Gasteiger partial charge in [0, 0.05) is 23.3 Å². The average molecular weight is 265 g/mol. The maximum Gasteiger partial charge on any atom is 0.150 e. The first-order valence-electron chi connectivity index (χ1n) is 6.28. The zero-order valence-corrected chi connectivity index (χ0v) is 10.9. The summed E-state index contributed by atoms with van der Waals surface area (Å²) in [6.07, 6.45) is 4.20. The molecule has 0 fully saturated rings. The fourth-order valence-corrected chi connectivity index (χ4v) is 2.26. The molecular formula is C17H12FNO. The van der Waals surface area contributed by atoms with Crippen molar-refractivity contribution >= 4 is 17.1 Å². The molecular weight excluding hydrogens is 253 g/mol. The number of carbonyl (C=O) groups is 1. The van der Waals surface area contributed by atoms with Crippen molar-refractivity contribution in [2.75, 3.05) is 0 Å². The van der Waals surface area contributed by atoms with Crippen LogP contribution < -0.4 is 0 Å². The molecule has 3 aromatic rings. The lowest BCUT2D eigenvalue weighted by Gasteiger charge is -2.08. The zero-order chi connectivity index (χ0) is 14.1. The maximum atomic E-state index is 13.7. The molecule has 0 aliphatic carbocycles. The third-order valence-electron chi connectivity index (χ3n) is 3.42. The van der Waals surface area contributed by atoms with Crippen molar-refractivity contribution in [2.45, 2.75) is 6.92 Å². The summed E-state index contributed by atoms with van der Waals surface area (Å²) in [5, 5.41) is 1.87. The molecule has 0 unspecified atom stereocenters. The Balaban J connectivity index is 2.28. The fourth-order valence-electron chi connectivity index (χ4n) is 2.26. The highest BCUT2D eigenvalue weighted by Gasteiger charge is 2.09. The molecule has 3 rings (SSSR count). The largest absolute Gasteiger partial charge is 0.298 e. The van der Waals surface area contributed by atoms with Crippen molar-refractivity contribution in [3.8, 4) is 11.1 Å². The van der Waals surface area contributed by atoms with Gasteiger partial charge in [-0.2, -0.15) is 0 Å². The SMILES string of the molecule is Cc1ccc(-c2cc3ccncc3cc2C=O)cc1F. The van der Waals surface area contributed by atoms with E-state index in [9.17, 15) is 9.18 Å². The van der Waals surface area contributed by atoms with Crippen LogP contribution in [0.1, 0.15) is 15.9 Å². The minimum absolute atomic E-state index is 0.269. The van der Waals surface area contributed by atoms with Gasteiger partial charge in [-0.3, -0.25) is 9.78 Å². The smallest absolute Gasteiger partial charge is 0.150 e. The van der Waals surface area contributed by atoms with Crippen LogP contribution in [0.25, 0.3) is 21.9 Å². The molecule has 2 aromatic carbocycles. The summed E-state index contributed by atoms with van der Waals surface area (Å²) in [4.78, 5) is 15.3. The number of aromatic nitrogens is 1. The second-order valence-corrected chi connectivity index (χ2v) is 4.74. The van der Waals surface area contributed by atoms with E-state index in [1.807, 2.05) is 18.2 Å². The Kier molecular flexibility index (Phi) is 3.03. The van der Waals surface area contributed by atoms with Gasteiger partial charge in [0.05, 0.1) is 0 Å².